The molecule has 0 fully saturated rings. The van der Waals surface area contributed by atoms with E-state index in [0.717, 1.165) is 8.04 Å². The van der Waals surface area contributed by atoms with E-state index in [1.54, 1.807) is 43.5 Å². The maximum Gasteiger partial charge on any atom is 0.282 e. The van der Waals surface area contributed by atoms with Crippen LogP contribution in [0.2, 0.25) is 0 Å². The molecular weight excluding hydrogens is 631 g/mol. The molecular formula is C24H18BrIN4O5. The van der Waals surface area contributed by atoms with Gasteiger partial charge in [-0.05, 0) is 71.0 Å². The number of rotatable bonds is 7. The molecule has 3 aromatic carbocycles. The van der Waals surface area contributed by atoms with E-state index >= 15 is 0 Å². The third-order valence-corrected chi connectivity index (χ3v) is 6.34. The molecule has 0 atom stereocenters. The van der Waals surface area contributed by atoms with Gasteiger partial charge in [0.25, 0.3) is 11.2 Å². The molecule has 178 valence electrons. The quantitative estimate of drug-likeness (QED) is 0.114. The number of ether oxygens (including phenoxy) is 2. The highest BCUT2D eigenvalue weighted by Crippen LogP contribution is 2.34. The van der Waals surface area contributed by atoms with Crippen molar-refractivity contribution >= 4 is 61.3 Å². The number of nitrogens with zero attached hydrogens (tertiary/aromatic N) is 4. The number of hydrogen-bond acceptors (Lipinski definition) is 7. The third kappa shape index (κ3) is 5.51. The maximum absolute atomic E-state index is 13.0. The lowest BCUT2D eigenvalue weighted by molar-refractivity contribution is -0.384. The van der Waals surface area contributed by atoms with E-state index in [1.165, 1.54) is 23.9 Å². The van der Waals surface area contributed by atoms with E-state index in [4.69, 9.17) is 9.47 Å². The molecule has 9 nitrogen and oxygen atoms in total. The van der Waals surface area contributed by atoms with Crippen molar-refractivity contribution in [3.8, 4) is 11.5 Å². The molecule has 11 heteroatoms. The first-order valence-electron chi connectivity index (χ1n) is 10.2. The predicted octanol–water partition coefficient (Wildman–Crippen LogP) is 5.45. The van der Waals surface area contributed by atoms with Gasteiger partial charge in [0.05, 0.1) is 32.7 Å². The lowest BCUT2D eigenvalue weighted by Gasteiger charge is -2.13. The van der Waals surface area contributed by atoms with Crippen LogP contribution in [0.15, 0.2) is 69.0 Å². The molecule has 0 saturated carbocycles. The first kappa shape index (κ1) is 24.8. The fraction of sp³-hybridized carbons (Fsp3) is 0.125. The number of aryl methyl sites for hydroxylation is 1. The zero-order valence-electron chi connectivity index (χ0n) is 18.6. The summed E-state index contributed by atoms with van der Waals surface area (Å²) in [6.45, 7) is 1.85. The van der Waals surface area contributed by atoms with Crippen LogP contribution >= 0.6 is 38.5 Å². The lowest BCUT2D eigenvalue weighted by atomic mass is 10.2. The molecule has 0 aliphatic heterocycles. The highest BCUT2D eigenvalue weighted by Gasteiger charge is 2.13. The monoisotopic (exact) mass is 648 g/mol. The van der Waals surface area contributed by atoms with Gasteiger partial charge >= 0.3 is 0 Å². The van der Waals surface area contributed by atoms with Gasteiger partial charge in [0.2, 0.25) is 0 Å². The molecule has 1 heterocycles. The number of nitro benzene ring substituents is 1. The Hall–Kier alpha value is -3.32. The molecule has 0 amide bonds. The summed E-state index contributed by atoms with van der Waals surface area (Å²) >= 11 is 5.50. The van der Waals surface area contributed by atoms with Crippen LogP contribution in [0.3, 0.4) is 0 Å². The molecule has 0 aliphatic rings. The second-order valence-electron chi connectivity index (χ2n) is 7.43. The summed E-state index contributed by atoms with van der Waals surface area (Å²) in [5.41, 5.74) is 1.68. The normalized spacial score (nSPS) is 11.2. The molecule has 4 rings (SSSR count). The van der Waals surface area contributed by atoms with Crippen molar-refractivity contribution in [1.29, 1.82) is 0 Å². The topological polar surface area (TPSA) is 109 Å². The molecule has 0 spiro atoms. The Kier molecular flexibility index (Phi) is 7.45. The molecule has 1 aromatic heterocycles. The van der Waals surface area contributed by atoms with E-state index in [0.29, 0.717) is 39.4 Å². The Morgan fingerprint density at radius 3 is 2.77 bits per heavy atom. The van der Waals surface area contributed by atoms with Gasteiger partial charge in [-0.3, -0.25) is 14.9 Å². The predicted molar refractivity (Wildman–Crippen MR) is 145 cm³/mol. The van der Waals surface area contributed by atoms with Crippen molar-refractivity contribution in [3.05, 3.63) is 100 Å². The van der Waals surface area contributed by atoms with Crippen molar-refractivity contribution in [1.82, 2.24) is 9.66 Å². The van der Waals surface area contributed by atoms with Crippen molar-refractivity contribution in [2.75, 3.05) is 7.11 Å². The fourth-order valence-corrected chi connectivity index (χ4v) is 4.53. The second-order valence-corrected chi connectivity index (χ2v) is 9.51. The largest absolute Gasteiger partial charge is 0.493 e. The fourth-order valence-electron chi connectivity index (χ4n) is 3.39. The van der Waals surface area contributed by atoms with Crippen LogP contribution in [-0.4, -0.2) is 27.9 Å². The minimum Gasteiger partial charge on any atom is -0.493 e. The zero-order chi connectivity index (χ0) is 25.1. The molecule has 0 bridgehead atoms. The number of methoxy groups -OCH3 is 1. The smallest absolute Gasteiger partial charge is 0.282 e. The summed E-state index contributed by atoms with van der Waals surface area (Å²) in [4.78, 5) is 28.0. The van der Waals surface area contributed by atoms with Crippen LogP contribution in [0, 0.1) is 20.6 Å². The van der Waals surface area contributed by atoms with Gasteiger partial charge in [-0.25, -0.2) is 4.98 Å². The highest BCUT2D eigenvalue weighted by atomic mass is 127. The average Bonchev–Trinajstić information content (AvgIpc) is 2.83. The number of benzene rings is 3. The van der Waals surface area contributed by atoms with Crippen molar-refractivity contribution < 1.29 is 14.4 Å². The number of halogens is 2. The average molecular weight is 649 g/mol. The summed E-state index contributed by atoms with van der Waals surface area (Å²) in [5, 5.41) is 15.8. The Morgan fingerprint density at radius 2 is 2.03 bits per heavy atom. The van der Waals surface area contributed by atoms with E-state index in [9.17, 15) is 14.9 Å². The van der Waals surface area contributed by atoms with Gasteiger partial charge in [0, 0.05) is 16.6 Å². The number of non-ortho nitro benzene ring substituents is 1. The summed E-state index contributed by atoms with van der Waals surface area (Å²) in [7, 11) is 1.52. The first-order chi connectivity index (χ1) is 16.8. The van der Waals surface area contributed by atoms with Crippen molar-refractivity contribution in [2.45, 2.75) is 13.5 Å². The van der Waals surface area contributed by atoms with Crippen LogP contribution in [0.5, 0.6) is 11.5 Å². The first-order valence-corrected chi connectivity index (χ1v) is 12.1. The standard InChI is InChI=1S/C24H18BrIN4O5/c1-14-28-21-7-6-17(25)11-19(21)24(31)29(14)27-12-16-9-20(26)23(22(10-16)34-2)35-13-15-4-3-5-18(8-15)30(32)33/h3-12H,13H2,1-2H3. The zero-order valence-corrected chi connectivity index (χ0v) is 22.3. The van der Waals surface area contributed by atoms with E-state index < -0.39 is 4.92 Å². The Balaban J connectivity index is 1.62. The van der Waals surface area contributed by atoms with E-state index in [-0.39, 0.29) is 17.9 Å². The van der Waals surface area contributed by atoms with Gasteiger partial charge in [0.1, 0.15) is 12.4 Å². The molecule has 35 heavy (non-hydrogen) atoms. The van der Waals surface area contributed by atoms with Crippen LogP contribution < -0.4 is 15.0 Å². The molecule has 0 unspecified atom stereocenters. The van der Waals surface area contributed by atoms with Crippen molar-refractivity contribution in [2.24, 2.45) is 5.10 Å². The van der Waals surface area contributed by atoms with Gasteiger partial charge in [-0.15, -0.1) is 0 Å². The SMILES string of the molecule is COc1cc(C=Nn2c(C)nc3ccc(Br)cc3c2=O)cc(I)c1OCc1cccc([N+](=O)[O-])c1. The number of nitro groups is 1. The molecule has 0 radical (unpaired) electrons. The minimum absolute atomic E-state index is 0.000366. The van der Waals surface area contributed by atoms with Gasteiger partial charge in [-0.2, -0.15) is 9.78 Å². The summed E-state index contributed by atoms with van der Waals surface area (Å²) in [5.74, 6) is 1.43. The van der Waals surface area contributed by atoms with E-state index in [1.807, 2.05) is 12.1 Å². The van der Waals surface area contributed by atoms with Gasteiger partial charge < -0.3 is 9.47 Å². The van der Waals surface area contributed by atoms with Crippen molar-refractivity contribution in [3.63, 3.8) is 0 Å². The Morgan fingerprint density at radius 1 is 1.23 bits per heavy atom. The summed E-state index contributed by atoms with van der Waals surface area (Å²) < 4.78 is 14.2. The third-order valence-electron chi connectivity index (χ3n) is 5.05. The van der Waals surface area contributed by atoms with Gasteiger partial charge in [0.15, 0.2) is 11.5 Å². The summed E-state index contributed by atoms with van der Waals surface area (Å²) in [6.07, 6.45) is 1.55. The number of hydrogen-bond donors (Lipinski definition) is 0. The molecule has 4 aromatic rings. The number of fused-ring (bicyclic) bond motifs is 1. The highest BCUT2D eigenvalue weighted by molar-refractivity contribution is 14.1. The van der Waals surface area contributed by atoms with Crippen LogP contribution in [0.1, 0.15) is 17.0 Å². The van der Waals surface area contributed by atoms with Gasteiger partial charge in [-0.1, -0.05) is 28.1 Å². The molecule has 0 saturated heterocycles. The van der Waals surface area contributed by atoms with Crippen LogP contribution in [0.25, 0.3) is 10.9 Å². The lowest BCUT2D eigenvalue weighted by Crippen LogP contribution is -2.20. The molecule has 0 aliphatic carbocycles. The second kappa shape index (κ2) is 10.5. The minimum atomic E-state index is -0.446. The summed E-state index contributed by atoms with van der Waals surface area (Å²) in [6, 6.07) is 15.2. The van der Waals surface area contributed by atoms with Crippen LogP contribution in [0.4, 0.5) is 5.69 Å². The van der Waals surface area contributed by atoms with Crippen LogP contribution in [-0.2, 0) is 6.61 Å². The Bertz CT molecular complexity index is 1540. The number of aromatic nitrogens is 2. The molecule has 0 N–H and O–H groups in total. The maximum atomic E-state index is 13.0. The van der Waals surface area contributed by atoms with E-state index in [2.05, 4.69) is 48.6 Å². The Labute approximate surface area is 221 Å².